The average Bonchev–Trinajstić information content (AvgIpc) is 3.19. The van der Waals surface area contributed by atoms with Crippen LogP contribution in [0.2, 0.25) is 0 Å². The molecule has 6 nitrogen and oxygen atoms in total. The molecule has 130 valence electrons. The van der Waals surface area contributed by atoms with Crippen molar-refractivity contribution in [1.82, 2.24) is 9.80 Å². The number of rotatable bonds is 3. The van der Waals surface area contributed by atoms with Gasteiger partial charge in [0.2, 0.25) is 6.79 Å². The maximum atomic E-state index is 12.8. The number of piperidine rings is 1. The van der Waals surface area contributed by atoms with Gasteiger partial charge in [-0.15, -0.1) is 0 Å². The van der Waals surface area contributed by atoms with Gasteiger partial charge in [-0.1, -0.05) is 0 Å². The Morgan fingerprint density at radius 2 is 2.12 bits per heavy atom. The van der Waals surface area contributed by atoms with Crippen LogP contribution in [0.4, 0.5) is 0 Å². The van der Waals surface area contributed by atoms with Crippen LogP contribution in [0.5, 0.6) is 11.5 Å². The fraction of sp³-hybridized carbons (Fsp3) is 0.611. The van der Waals surface area contributed by atoms with Gasteiger partial charge in [-0.2, -0.15) is 0 Å². The molecule has 0 bridgehead atoms. The zero-order valence-corrected chi connectivity index (χ0v) is 14.2. The minimum absolute atomic E-state index is 0.0720. The lowest BCUT2D eigenvalue weighted by molar-refractivity contribution is 0.0554. The van der Waals surface area contributed by atoms with Gasteiger partial charge >= 0.3 is 0 Å². The molecule has 3 heterocycles. The largest absolute Gasteiger partial charge is 0.454 e. The normalized spacial score (nSPS) is 28.3. The van der Waals surface area contributed by atoms with Crippen LogP contribution in [0.3, 0.4) is 0 Å². The van der Waals surface area contributed by atoms with E-state index >= 15 is 0 Å². The van der Waals surface area contributed by atoms with Crippen molar-refractivity contribution in [3.05, 3.63) is 23.8 Å². The van der Waals surface area contributed by atoms with Gasteiger partial charge in [-0.3, -0.25) is 4.79 Å². The molecule has 24 heavy (non-hydrogen) atoms. The number of likely N-dealkylation sites (N-methyl/N-ethyl adjacent to an activating group) is 1. The fourth-order valence-electron chi connectivity index (χ4n) is 4.03. The van der Waals surface area contributed by atoms with Crippen molar-refractivity contribution in [3.8, 4) is 11.5 Å². The predicted molar refractivity (Wildman–Crippen MR) is 88.4 cm³/mol. The van der Waals surface area contributed by atoms with Crippen LogP contribution in [-0.2, 0) is 4.74 Å². The van der Waals surface area contributed by atoms with Crippen LogP contribution in [0.15, 0.2) is 18.2 Å². The number of benzene rings is 1. The highest BCUT2D eigenvalue weighted by Gasteiger charge is 2.42. The molecule has 0 aromatic heterocycles. The second-order valence-electron chi connectivity index (χ2n) is 7.17. The second-order valence-corrected chi connectivity index (χ2v) is 7.17. The minimum Gasteiger partial charge on any atom is -0.454 e. The van der Waals surface area contributed by atoms with Crippen LogP contribution < -0.4 is 9.47 Å². The van der Waals surface area contributed by atoms with Crippen molar-refractivity contribution in [2.45, 2.75) is 12.5 Å². The van der Waals surface area contributed by atoms with E-state index in [4.69, 9.17) is 14.2 Å². The molecule has 1 amide bonds. The molecule has 4 rings (SSSR count). The van der Waals surface area contributed by atoms with Gasteiger partial charge in [0.15, 0.2) is 11.5 Å². The van der Waals surface area contributed by atoms with E-state index in [-0.39, 0.29) is 12.7 Å². The summed E-state index contributed by atoms with van der Waals surface area (Å²) in [5.41, 5.74) is 0.668. The quantitative estimate of drug-likeness (QED) is 0.839. The van der Waals surface area contributed by atoms with Crippen molar-refractivity contribution >= 4 is 5.91 Å². The summed E-state index contributed by atoms with van der Waals surface area (Å²) in [6.45, 7) is 3.51. The molecule has 2 saturated heterocycles. The lowest BCUT2D eigenvalue weighted by Crippen LogP contribution is -2.45. The summed E-state index contributed by atoms with van der Waals surface area (Å²) in [5.74, 6) is 2.45. The van der Waals surface area contributed by atoms with Crippen molar-refractivity contribution in [3.63, 3.8) is 0 Å². The molecule has 0 N–H and O–H groups in total. The Labute approximate surface area is 142 Å². The van der Waals surface area contributed by atoms with Gasteiger partial charge in [0, 0.05) is 31.1 Å². The SMILES string of the molecule is CN(C)C[C@@H]1OC[C@@H]2CN(C(=O)c3ccc4c(c3)OCO4)CC[C@@H]21. The second kappa shape index (κ2) is 6.26. The third kappa shape index (κ3) is 2.84. The standard InChI is InChI=1S/C18H24N2O4/c1-19(2)9-17-14-5-6-20(8-13(14)10-22-17)18(21)12-3-4-15-16(7-12)24-11-23-15/h3-4,7,13-14,17H,5-6,8-11H2,1-2H3/t13-,14-,17-/m0/s1. The van der Waals surface area contributed by atoms with Crippen LogP contribution in [0.1, 0.15) is 16.8 Å². The molecule has 2 fully saturated rings. The van der Waals surface area contributed by atoms with Crippen molar-refractivity contribution in [1.29, 1.82) is 0 Å². The monoisotopic (exact) mass is 332 g/mol. The highest BCUT2D eigenvalue weighted by molar-refractivity contribution is 5.95. The van der Waals surface area contributed by atoms with E-state index in [0.29, 0.717) is 35.0 Å². The summed E-state index contributed by atoms with van der Waals surface area (Å²) < 4.78 is 16.7. The Kier molecular flexibility index (Phi) is 4.10. The zero-order chi connectivity index (χ0) is 16.7. The number of nitrogens with zero attached hydrogens (tertiary/aromatic N) is 2. The molecule has 0 saturated carbocycles. The van der Waals surface area contributed by atoms with Gasteiger partial charge in [0.1, 0.15) is 0 Å². The molecule has 1 aromatic carbocycles. The number of carbonyl (C=O) groups excluding carboxylic acids is 1. The van der Waals surface area contributed by atoms with Gasteiger partial charge in [0.25, 0.3) is 5.91 Å². The Balaban J connectivity index is 1.43. The van der Waals surface area contributed by atoms with Crippen LogP contribution in [0, 0.1) is 11.8 Å². The lowest BCUT2D eigenvalue weighted by atomic mass is 9.84. The van der Waals surface area contributed by atoms with E-state index < -0.39 is 0 Å². The molecule has 0 aliphatic carbocycles. The number of hydrogen-bond acceptors (Lipinski definition) is 5. The first-order valence-electron chi connectivity index (χ1n) is 8.57. The van der Waals surface area contributed by atoms with Crippen LogP contribution >= 0.6 is 0 Å². The maximum absolute atomic E-state index is 12.8. The molecule has 1 aromatic rings. The third-order valence-electron chi connectivity index (χ3n) is 5.25. The Bertz CT molecular complexity index is 633. The summed E-state index contributed by atoms with van der Waals surface area (Å²) in [6.07, 6.45) is 1.31. The number of carbonyl (C=O) groups is 1. The molecule has 0 unspecified atom stereocenters. The summed E-state index contributed by atoms with van der Waals surface area (Å²) in [7, 11) is 4.16. The third-order valence-corrected chi connectivity index (χ3v) is 5.25. The van der Waals surface area contributed by atoms with Crippen molar-refractivity contribution < 1.29 is 19.0 Å². The van der Waals surface area contributed by atoms with E-state index in [9.17, 15) is 4.79 Å². The lowest BCUT2D eigenvalue weighted by Gasteiger charge is -2.36. The van der Waals surface area contributed by atoms with E-state index in [1.54, 1.807) is 6.07 Å². The Hall–Kier alpha value is -1.79. The maximum Gasteiger partial charge on any atom is 0.254 e. The zero-order valence-electron chi connectivity index (χ0n) is 14.2. The van der Waals surface area contributed by atoms with Crippen LogP contribution in [0.25, 0.3) is 0 Å². The number of ether oxygens (including phenoxy) is 3. The number of likely N-dealkylation sites (tertiary alicyclic amines) is 1. The average molecular weight is 332 g/mol. The minimum atomic E-state index is 0.0720. The molecular formula is C18H24N2O4. The van der Waals surface area contributed by atoms with E-state index in [1.807, 2.05) is 17.0 Å². The van der Waals surface area contributed by atoms with Crippen molar-refractivity contribution in [2.24, 2.45) is 11.8 Å². The molecule has 0 spiro atoms. The number of hydrogen-bond donors (Lipinski definition) is 0. The predicted octanol–water partition coefficient (Wildman–Crippen LogP) is 1.45. The molecule has 0 radical (unpaired) electrons. The molecule has 3 aliphatic rings. The fourth-order valence-corrected chi connectivity index (χ4v) is 4.03. The number of fused-ring (bicyclic) bond motifs is 2. The highest BCUT2D eigenvalue weighted by Crippen LogP contribution is 2.36. The number of amides is 1. The topological polar surface area (TPSA) is 51.2 Å². The van der Waals surface area contributed by atoms with Gasteiger partial charge in [-0.25, -0.2) is 0 Å². The molecular weight excluding hydrogens is 308 g/mol. The summed E-state index contributed by atoms with van der Waals surface area (Å²) in [5, 5.41) is 0. The molecule has 3 aliphatic heterocycles. The first kappa shape index (κ1) is 15.7. The first-order chi connectivity index (χ1) is 11.6. The van der Waals surface area contributed by atoms with Gasteiger partial charge in [-0.05, 0) is 44.6 Å². The van der Waals surface area contributed by atoms with E-state index in [0.717, 1.165) is 32.7 Å². The van der Waals surface area contributed by atoms with Crippen LogP contribution in [-0.4, -0.2) is 68.9 Å². The summed E-state index contributed by atoms with van der Waals surface area (Å²) in [6, 6.07) is 5.42. The van der Waals surface area contributed by atoms with E-state index in [2.05, 4.69) is 19.0 Å². The summed E-state index contributed by atoms with van der Waals surface area (Å²) in [4.78, 5) is 17.0. The van der Waals surface area contributed by atoms with Gasteiger partial charge < -0.3 is 24.0 Å². The summed E-state index contributed by atoms with van der Waals surface area (Å²) >= 11 is 0. The van der Waals surface area contributed by atoms with Crippen molar-refractivity contribution in [2.75, 3.05) is 47.1 Å². The smallest absolute Gasteiger partial charge is 0.254 e. The Morgan fingerprint density at radius 1 is 1.29 bits per heavy atom. The first-order valence-corrected chi connectivity index (χ1v) is 8.57. The Morgan fingerprint density at radius 3 is 2.96 bits per heavy atom. The highest BCUT2D eigenvalue weighted by atomic mass is 16.7. The molecule has 6 heteroatoms. The molecule has 3 atom stereocenters. The van der Waals surface area contributed by atoms with Gasteiger partial charge in [0.05, 0.1) is 12.7 Å². The van der Waals surface area contributed by atoms with E-state index in [1.165, 1.54) is 0 Å².